The summed E-state index contributed by atoms with van der Waals surface area (Å²) in [5, 5.41) is -0.679. The number of carbonyl (C=O) groups is 1. The van der Waals surface area contributed by atoms with Crippen molar-refractivity contribution in [2.45, 2.75) is 6.92 Å². The van der Waals surface area contributed by atoms with Crippen LogP contribution in [0.3, 0.4) is 0 Å². The Morgan fingerprint density at radius 3 is 2.92 bits per heavy atom. The molecule has 0 amide bonds. The van der Waals surface area contributed by atoms with Crippen molar-refractivity contribution in [2.24, 2.45) is 0 Å². The maximum absolute atomic E-state index is 12.8. The van der Waals surface area contributed by atoms with E-state index in [9.17, 15) is 9.18 Å². The van der Waals surface area contributed by atoms with Gasteiger partial charge in [-0.15, -0.1) is 0 Å². The molecule has 1 rings (SSSR count). The molecule has 0 atom stereocenters. The summed E-state index contributed by atoms with van der Waals surface area (Å²) >= 11 is 0.623. The van der Waals surface area contributed by atoms with Crippen LogP contribution in [-0.4, -0.2) is 17.6 Å². The Hall–Kier alpha value is -1.17. The van der Waals surface area contributed by atoms with E-state index in [0.29, 0.717) is 11.3 Å². The van der Waals surface area contributed by atoms with Gasteiger partial charge in [-0.2, -0.15) is 4.39 Å². The first-order valence-corrected chi connectivity index (χ1v) is 4.05. The number of esters is 1. The molecule has 0 radical (unpaired) electrons. The van der Waals surface area contributed by atoms with Gasteiger partial charge in [0.2, 0.25) is 5.13 Å². The number of ether oxygens (including phenoxy) is 1. The van der Waals surface area contributed by atoms with Crippen LogP contribution in [0.5, 0.6) is 0 Å². The van der Waals surface area contributed by atoms with E-state index in [1.165, 1.54) is 0 Å². The van der Waals surface area contributed by atoms with Crippen LogP contribution in [0, 0.1) is 5.13 Å². The Morgan fingerprint density at radius 2 is 2.50 bits per heavy atom. The highest BCUT2D eigenvalue weighted by atomic mass is 32.1. The monoisotopic (exact) mass is 190 g/mol. The first-order valence-electron chi connectivity index (χ1n) is 3.24. The number of hydrogen-bond donors (Lipinski definition) is 1. The minimum absolute atomic E-state index is 0.0237. The normalized spacial score (nSPS) is 9.83. The molecule has 0 saturated heterocycles. The van der Waals surface area contributed by atoms with Gasteiger partial charge in [0, 0.05) is 0 Å². The van der Waals surface area contributed by atoms with Crippen molar-refractivity contribution in [3.05, 3.63) is 10.8 Å². The number of rotatable bonds is 2. The number of hydrogen-bond acceptors (Lipinski definition) is 5. The molecule has 1 aromatic heterocycles. The predicted octanol–water partition coefficient (Wildman–Crippen LogP) is 1.04. The van der Waals surface area contributed by atoms with Crippen molar-refractivity contribution in [2.75, 3.05) is 12.3 Å². The van der Waals surface area contributed by atoms with Gasteiger partial charge in [-0.3, -0.25) is 0 Å². The van der Waals surface area contributed by atoms with Crippen LogP contribution in [0.4, 0.5) is 9.52 Å². The van der Waals surface area contributed by atoms with Crippen LogP contribution >= 0.6 is 11.3 Å². The molecule has 6 heteroatoms. The van der Waals surface area contributed by atoms with E-state index in [1.54, 1.807) is 6.92 Å². The molecular formula is C6H7FN2O2S. The second-order valence-corrected chi connectivity index (χ2v) is 2.88. The zero-order valence-corrected chi connectivity index (χ0v) is 7.15. The van der Waals surface area contributed by atoms with Gasteiger partial charge in [-0.1, -0.05) is 11.3 Å². The molecule has 0 bridgehead atoms. The summed E-state index contributed by atoms with van der Waals surface area (Å²) in [5.41, 5.74) is 4.84. The van der Waals surface area contributed by atoms with Crippen LogP contribution in [-0.2, 0) is 4.74 Å². The maximum Gasteiger partial charge on any atom is 0.361 e. The van der Waals surface area contributed by atoms with Gasteiger partial charge in [-0.05, 0) is 6.92 Å². The van der Waals surface area contributed by atoms with Crippen molar-refractivity contribution in [1.82, 2.24) is 4.98 Å². The molecule has 0 unspecified atom stereocenters. The molecule has 0 aromatic carbocycles. The summed E-state index contributed by atoms with van der Waals surface area (Å²) in [6.07, 6.45) is 0. The summed E-state index contributed by atoms with van der Waals surface area (Å²) in [4.78, 5) is 14.4. The van der Waals surface area contributed by atoms with Crippen molar-refractivity contribution in [3.63, 3.8) is 0 Å². The molecule has 0 aliphatic carbocycles. The fourth-order valence-electron chi connectivity index (χ4n) is 0.642. The van der Waals surface area contributed by atoms with Crippen LogP contribution in [0.2, 0.25) is 0 Å². The zero-order chi connectivity index (χ0) is 9.14. The summed E-state index contributed by atoms with van der Waals surface area (Å²) < 4.78 is 17.3. The number of aromatic nitrogens is 1. The molecule has 2 N–H and O–H groups in total. The second kappa shape index (κ2) is 3.48. The Kier molecular flexibility index (Phi) is 2.59. The van der Waals surface area contributed by atoms with Gasteiger partial charge < -0.3 is 10.5 Å². The smallest absolute Gasteiger partial charge is 0.361 e. The molecule has 4 nitrogen and oxygen atoms in total. The Morgan fingerprint density at radius 1 is 1.83 bits per heavy atom. The van der Waals surface area contributed by atoms with Gasteiger partial charge in [0.25, 0.3) is 0 Å². The van der Waals surface area contributed by atoms with Crippen LogP contribution in [0.1, 0.15) is 17.4 Å². The molecule has 0 fully saturated rings. The first kappa shape index (κ1) is 8.92. The van der Waals surface area contributed by atoms with E-state index >= 15 is 0 Å². The maximum atomic E-state index is 12.8. The number of nitrogens with zero attached hydrogens (tertiary/aromatic N) is 1. The fourth-order valence-corrected chi connectivity index (χ4v) is 1.19. The lowest BCUT2D eigenvalue weighted by molar-refractivity contribution is 0.0515. The number of nitrogens with two attached hydrogens (primary N) is 1. The number of nitrogen functional groups attached to an aromatic ring is 1. The molecular weight excluding hydrogens is 183 g/mol. The summed E-state index contributed by atoms with van der Waals surface area (Å²) in [6.45, 7) is 1.82. The van der Waals surface area contributed by atoms with Gasteiger partial charge in [0.1, 0.15) is 0 Å². The number of thiazole rings is 1. The topological polar surface area (TPSA) is 65.2 Å². The van der Waals surface area contributed by atoms with Crippen LogP contribution in [0.15, 0.2) is 0 Å². The van der Waals surface area contributed by atoms with Crippen LogP contribution < -0.4 is 5.73 Å². The van der Waals surface area contributed by atoms with Gasteiger partial charge in [0.05, 0.1) is 6.61 Å². The van der Waals surface area contributed by atoms with Gasteiger partial charge >= 0.3 is 5.97 Å². The van der Waals surface area contributed by atoms with E-state index in [-0.39, 0.29) is 17.4 Å². The van der Waals surface area contributed by atoms with Gasteiger partial charge in [-0.25, -0.2) is 9.78 Å². The summed E-state index contributed by atoms with van der Waals surface area (Å²) in [6, 6.07) is 0. The Balaban J connectivity index is 2.87. The molecule has 0 saturated carbocycles. The summed E-state index contributed by atoms with van der Waals surface area (Å²) in [5.74, 6) is -0.775. The molecule has 12 heavy (non-hydrogen) atoms. The highest BCUT2D eigenvalue weighted by Crippen LogP contribution is 2.18. The minimum atomic E-state index is -0.775. The van der Waals surface area contributed by atoms with Crippen molar-refractivity contribution in [1.29, 1.82) is 0 Å². The number of anilines is 1. The van der Waals surface area contributed by atoms with E-state index in [2.05, 4.69) is 9.72 Å². The largest absolute Gasteiger partial charge is 0.461 e. The lowest BCUT2D eigenvalue weighted by Gasteiger charge is -1.95. The molecule has 66 valence electrons. The third-order valence-corrected chi connectivity index (χ3v) is 1.74. The third-order valence-electron chi connectivity index (χ3n) is 1.07. The summed E-state index contributed by atoms with van der Waals surface area (Å²) in [7, 11) is 0. The first-order chi connectivity index (χ1) is 5.65. The zero-order valence-electron chi connectivity index (χ0n) is 6.33. The average Bonchev–Trinajstić information content (AvgIpc) is 2.30. The lowest BCUT2D eigenvalue weighted by Crippen LogP contribution is -2.06. The SMILES string of the molecule is CCOC(=O)c1nc(N)sc1F. The standard InChI is InChI=1S/C6H7FN2O2S/c1-2-11-5(10)3-4(7)12-6(8)9-3/h2H2,1H3,(H2,8,9). The second-order valence-electron chi connectivity index (χ2n) is 1.89. The van der Waals surface area contributed by atoms with Crippen molar-refractivity contribution >= 4 is 22.4 Å². The third kappa shape index (κ3) is 1.70. The Bertz CT molecular complexity index is 300. The number of halogens is 1. The van der Waals surface area contributed by atoms with Crippen molar-refractivity contribution < 1.29 is 13.9 Å². The van der Waals surface area contributed by atoms with Crippen LogP contribution in [0.25, 0.3) is 0 Å². The predicted molar refractivity (Wildman–Crippen MR) is 42.4 cm³/mol. The van der Waals surface area contributed by atoms with Crippen molar-refractivity contribution in [3.8, 4) is 0 Å². The average molecular weight is 190 g/mol. The fraction of sp³-hybridized carbons (Fsp3) is 0.333. The quantitative estimate of drug-likeness (QED) is 0.707. The molecule has 0 aliphatic rings. The van der Waals surface area contributed by atoms with E-state index < -0.39 is 11.1 Å². The molecule has 0 spiro atoms. The highest BCUT2D eigenvalue weighted by Gasteiger charge is 2.17. The van der Waals surface area contributed by atoms with E-state index in [0.717, 1.165) is 0 Å². The number of carbonyl (C=O) groups excluding carboxylic acids is 1. The van der Waals surface area contributed by atoms with E-state index in [4.69, 9.17) is 5.73 Å². The Labute approximate surface area is 72.2 Å². The lowest BCUT2D eigenvalue weighted by atomic mass is 10.5. The molecule has 1 aromatic rings. The van der Waals surface area contributed by atoms with E-state index in [1.807, 2.05) is 0 Å². The van der Waals surface area contributed by atoms with Gasteiger partial charge in [0.15, 0.2) is 10.8 Å². The molecule has 0 aliphatic heterocycles. The molecule has 1 heterocycles. The minimum Gasteiger partial charge on any atom is -0.461 e. The highest BCUT2D eigenvalue weighted by molar-refractivity contribution is 7.14.